The van der Waals surface area contributed by atoms with Crippen LogP contribution >= 0.6 is 0 Å². The SMILES string of the molecule is CCC(CN)Cc1ccc2c(c1)CCCN2. The van der Waals surface area contributed by atoms with Crippen LogP contribution in [-0.2, 0) is 12.8 Å². The number of benzene rings is 1. The Balaban J connectivity index is 2.10. The molecule has 0 radical (unpaired) electrons. The van der Waals surface area contributed by atoms with Gasteiger partial charge in [0, 0.05) is 12.2 Å². The molecule has 1 atom stereocenters. The van der Waals surface area contributed by atoms with Crippen molar-refractivity contribution in [3.8, 4) is 0 Å². The molecule has 3 N–H and O–H groups in total. The molecular weight excluding hydrogens is 196 g/mol. The van der Waals surface area contributed by atoms with Crippen LogP contribution in [0.3, 0.4) is 0 Å². The lowest BCUT2D eigenvalue weighted by Gasteiger charge is -2.20. The average Bonchev–Trinajstić information content (AvgIpc) is 2.35. The summed E-state index contributed by atoms with van der Waals surface area (Å²) < 4.78 is 0. The van der Waals surface area contributed by atoms with Crippen molar-refractivity contribution in [2.75, 3.05) is 18.4 Å². The predicted molar refractivity (Wildman–Crippen MR) is 69.8 cm³/mol. The fourth-order valence-corrected chi connectivity index (χ4v) is 2.38. The Bertz CT molecular complexity index is 343. The number of hydrogen-bond donors (Lipinski definition) is 2. The van der Waals surface area contributed by atoms with Gasteiger partial charge in [-0.3, -0.25) is 0 Å². The first-order valence-corrected chi connectivity index (χ1v) is 6.39. The Kier molecular flexibility index (Phi) is 3.83. The molecule has 2 nitrogen and oxygen atoms in total. The molecule has 0 amide bonds. The van der Waals surface area contributed by atoms with Crippen LogP contribution in [0.4, 0.5) is 5.69 Å². The van der Waals surface area contributed by atoms with Crippen LogP contribution in [0.1, 0.15) is 30.9 Å². The topological polar surface area (TPSA) is 38.0 Å². The highest BCUT2D eigenvalue weighted by atomic mass is 14.9. The maximum Gasteiger partial charge on any atom is 0.0372 e. The van der Waals surface area contributed by atoms with Gasteiger partial charge in [0.05, 0.1) is 0 Å². The zero-order valence-electron chi connectivity index (χ0n) is 10.1. The minimum absolute atomic E-state index is 0.634. The van der Waals surface area contributed by atoms with Gasteiger partial charge in [-0.1, -0.05) is 25.5 Å². The predicted octanol–water partition coefficient (Wildman–Crippen LogP) is 2.57. The molecule has 0 aliphatic carbocycles. The molecule has 0 fully saturated rings. The monoisotopic (exact) mass is 218 g/mol. The maximum absolute atomic E-state index is 5.76. The molecule has 2 rings (SSSR count). The molecule has 1 heterocycles. The van der Waals surface area contributed by atoms with E-state index in [1.807, 2.05) is 0 Å². The van der Waals surface area contributed by atoms with E-state index in [0.29, 0.717) is 5.92 Å². The van der Waals surface area contributed by atoms with Gasteiger partial charge in [-0.2, -0.15) is 0 Å². The molecule has 0 aromatic heterocycles. The minimum Gasteiger partial charge on any atom is -0.385 e. The normalized spacial score (nSPS) is 16.4. The van der Waals surface area contributed by atoms with E-state index in [0.717, 1.165) is 19.5 Å². The second kappa shape index (κ2) is 5.35. The second-order valence-electron chi connectivity index (χ2n) is 4.74. The van der Waals surface area contributed by atoms with Crippen molar-refractivity contribution in [1.82, 2.24) is 0 Å². The van der Waals surface area contributed by atoms with Gasteiger partial charge in [-0.25, -0.2) is 0 Å². The van der Waals surface area contributed by atoms with Crippen molar-refractivity contribution in [3.63, 3.8) is 0 Å². The van der Waals surface area contributed by atoms with E-state index in [-0.39, 0.29) is 0 Å². The molecule has 0 spiro atoms. The van der Waals surface area contributed by atoms with Crippen LogP contribution in [0.15, 0.2) is 18.2 Å². The van der Waals surface area contributed by atoms with Crippen LogP contribution in [0.25, 0.3) is 0 Å². The van der Waals surface area contributed by atoms with Gasteiger partial charge in [0.25, 0.3) is 0 Å². The third kappa shape index (κ3) is 2.56. The second-order valence-corrected chi connectivity index (χ2v) is 4.74. The van der Waals surface area contributed by atoms with Crippen molar-refractivity contribution >= 4 is 5.69 Å². The van der Waals surface area contributed by atoms with Gasteiger partial charge < -0.3 is 11.1 Å². The molecule has 0 bridgehead atoms. The lowest BCUT2D eigenvalue weighted by Crippen LogP contribution is -2.16. The fraction of sp³-hybridized carbons (Fsp3) is 0.571. The fourth-order valence-electron chi connectivity index (χ4n) is 2.38. The number of fused-ring (bicyclic) bond motifs is 1. The summed E-state index contributed by atoms with van der Waals surface area (Å²) in [5, 5.41) is 3.45. The van der Waals surface area contributed by atoms with Crippen molar-refractivity contribution in [3.05, 3.63) is 29.3 Å². The molecule has 0 saturated carbocycles. The average molecular weight is 218 g/mol. The maximum atomic E-state index is 5.76. The molecule has 1 unspecified atom stereocenters. The first kappa shape index (κ1) is 11.5. The van der Waals surface area contributed by atoms with Crippen LogP contribution in [0.2, 0.25) is 0 Å². The molecular formula is C14H22N2. The van der Waals surface area contributed by atoms with Gasteiger partial charge in [0.2, 0.25) is 0 Å². The summed E-state index contributed by atoms with van der Waals surface area (Å²) in [5.41, 5.74) is 10.0. The highest BCUT2D eigenvalue weighted by Crippen LogP contribution is 2.24. The van der Waals surface area contributed by atoms with Crippen molar-refractivity contribution in [2.45, 2.75) is 32.6 Å². The Morgan fingerprint density at radius 2 is 2.31 bits per heavy atom. The van der Waals surface area contributed by atoms with Crippen LogP contribution in [0, 0.1) is 5.92 Å². The summed E-state index contributed by atoms with van der Waals surface area (Å²) in [7, 11) is 0. The molecule has 1 aliphatic rings. The molecule has 0 saturated heterocycles. The quantitative estimate of drug-likeness (QED) is 0.815. The highest BCUT2D eigenvalue weighted by Gasteiger charge is 2.10. The standard InChI is InChI=1S/C14H22N2/c1-2-11(10-15)8-12-5-6-14-13(9-12)4-3-7-16-14/h5-6,9,11,16H,2-4,7-8,10,15H2,1H3. The molecule has 1 aromatic rings. The number of anilines is 1. The summed E-state index contributed by atoms with van der Waals surface area (Å²) in [6.07, 6.45) is 4.77. The largest absolute Gasteiger partial charge is 0.385 e. The van der Waals surface area contributed by atoms with Gasteiger partial charge in [0.1, 0.15) is 0 Å². The van der Waals surface area contributed by atoms with E-state index in [1.165, 1.54) is 36.1 Å². The third-order valence-corrected chi connectivity index (χ3v) is 3.54. The summed E-state index contributed by atoms with van der Waals surface area (Å²) >= 11 is 0. The Hall–Kier alpha value is -1.02. The zero-order valence-corrected chi connectivity index (χ0v) is 10.1. The molecule has 2 heteroatoms. The van der Waals surface area contributed by atoms with Crippen molar-refractivity contribution < 1.29 is 0 Å². The van der Waals surface area contributed by atoms with E-state index >= 15 is 0 Å². The number of hydrogen-bond acceptors (Lipinski definition) is 2. The zero-order chi connectivity index (χ0) is 11.4. The van der Waals surface area contributed by atoms with Crippen molar-refractivity contribution in [1.29, 1.82) is 0 Å². The van der Waals surface area contributed by atoms with Gasteiger partial charge in [-0.15, -0.1) is 0 Å². The van der Waals surface area contributed by atoms with E-state index in [2.05, 4.69) is 30.4 Å². The highest BCUT2D eigenvalue weighted by molar-refractivity contribution is 5.54. The number of nitrogens with one attached hydrogen (secondary N) is 1. The van der Waals surface area contributed by atoms with Gasteiger partial charge in [0.15, 0.2) is 0 Å². The molecule has 1 aliphatic heterocycles. The van der Waals surface area contributed by atoms with Crippen molar-refractivity contribution in [2.24, 2.45) is 11.7 Å². The third-order valence-electron chi connectivity index (χ3n) is 3.54. The first-order valence-electron chi connectivity index (χ1n) is 6.39. The summed E-state index contributed by atoms with van der Waals surface area (Å²) in [5.74, 6) is 0.634. The number of aryl methyl sites for hydroxylation is 1. The van der Waals surface area contributed by atoms with Crippen LogP contribution < -0.4 is 11.1 Å². The molecule has 16 heavy (non-hydrogen) atoms. The minimum atomic E-state index is 0.634. The summed E-state index contributed by atoms with van der Waals surface area (Å²) in [6.45, 7) is 4.13. The number of nitrogens with two attached hydrogens (primary N) is 1. The van der Waals surface area contributed by atoms with E-state index in [4.69, 9.17) is 5.73 Å². The van der Waals surface area contributed by atoms with Gasteiger partial charge in [-0.05, 0) is 48.9 Å². The first-order chi connectivity index (χ1) is 7.83. The Morgan fingerprint density at radius 3 is 3.06 bits per heavy atom. The summed E-state index contributed by atoms with van der Waals surface area (Å²) in [4.78, 5) is 0. The van der Waals surface area contributed by atoms with E-state index in [9.17, 15) is 0 Å². The number of rotatable bonds is 4. The Morgan fingerprint density at radius 1 is 1.44 bits per heavy atom. The smallest absolute Gasteiger partial charge is 0.0372 e. The lowest BCUT2D eigenvalue weighted by atomic mass is 9.93. The summed E-state index contributed by atoms with van der Waals surface area (Å²) in [6, 6.07) is 6.84. The van der Waals surface area contributed by atoms with Gasteiger partial charge >= 0.3 is 0 Å². The van der Waals surface area contributed by atoms with Crippen LogP contribution in [0.5, 0.6) is 0 Å². The van der Waals surface area contributed by atoms with Crippen LogP contribution in [-0.4, -0.2) is 13.1 Å². The molecule has 88 valence electrons. The van der Waals surface area contributed by atoms with E-state index in [1.54, 1.807) is 0 Å². The Labute approximate surface area is 98.2 Å². The van der Waals surface area contributed by atoms with E-state index < -0.39 is 0 Å². The lowest BCUT2D eigenvalue weighted by molar-refractivity contribution is 0.518. The molecule has 1 aromatic carbocycles.